The van der Waals surface area contributed by atoms with Crippen LogP contribution in [-0.2, 0) is 21.9 Å². The quantitative estimate of drug-likeness (QED) is 0.812. The molecule has 0 radical (unpaired) electrons. The zero-order valence-corrected chi connectivity index (χ0v) is 11.9. The van der Waals surface area contributed by atoms with Crippen LogP contribution in [0.1, 0.15) is 31.7 Å². The minimum absolute atomic E-state index is 0.0460. The summed E-state index contributed by atoms with van der Waals surface area (Å²) in [6, 6.07) is 3.67. The maximum Gasteiger partial charge on any atom is 0.280 e. The summed E-state index contributed by atoms with van der Waals surface area (Å²) in [7, 11) is 1.61. The molecular weight excluding hydrogens is 272 g/mol. The van der Waals surface area contributed by atoms with E-state index in [9.17, 15) is 8.42 Å². The lowest BCUT2D eigenvalue weighted by Crippen LogP contribution is -1.95. The van der Waals surface area contributed by atoms with Gasteiger partial charge in [-0.05, 0) is 24.5 Å². The second-order valence-electron chi connectivity index (χ2n) is 4.17. The molecule has 2 aromatic heterocycles. The van der Waals surface area contributed by atoms with Crippen LogP contribution in [0.2, 0.25) is 0 Å². The fourth-order valence-corrected chi connectivity index (χ4v) is 2.92. The first-order chi connectivity index (χ1) is 8.47. The van der Waals surface area contributed by atoms with Gasteiger partial charge in [-0.2, -0.15) is 0 Å². The number of hydrogen-bond acceptors (Lipinski definition) is 3. The third-order valence-corrected chi connectivity index (χ3v) is 4.05. The highest BCUT2D eigenvalue weighted by molar-refractivity contribution is 8.13. The predicted molar refractivity (Wildman–Crippen MR) is 71.6 cm³/mol. The number of rotatable bonds is 4. The van der Waals surface area contributed by atoms with Gasteiger partial charge in [0.15, 0.2) is 5.03 Å². The maximum atomic E-state index is 11.5. The highest BCUT2D eigenvalue weighted by Crippen LogP contribution is 2.23. The zero-order valence-electron chi connectivity index (χ0n) is 10.4. The van der Waals surface area contributed by atoms with E-state index in [1.807, 2.05) is 23.6 Å². The van der Waals surface area contributed by atoms with Gasteiger partial charge in [0.25, 0.3) is 9.05 Å². The SMILES string of the molecule is CCCc1nc(S(=O)(=O)Cl)c2ccc(CC)cn12. The Bertz CT molecular complexity index is 677. The van der Waals surface area contributed by atoms with E-state index in [-0.39, 0.29) is 5.03 Å². The van der Waals surface area contributed by atoms with Crippen LogP contribution < -0.4 is 0 Å². The minimum atomic E-state index is -3.81. The first kappa shape index (κ1) is 13.4. The minimum Gasteiger partial charge on any atom is -0.302 e. The molecule has 2 aromatic rings. The van der Waals surface area contributed by atoms with Gasteiger partial charge in [0.05, 0.1) is 5.52 Å². The largest absolute Gasteiger partial charge is 0.302 e. The Morgan fingerprint density at radius 2 is 2.06 bits per heavy atom. The summed E-state index contributed by atoms with van der Waals surface area (Å²) in [5.41, 5.74) is 1.68. The highest BCUT2D eigenvalue weighted by Gasteiger charge is 2.20. The molecule has 18 heavy (non-hydrogen) atoms. The van der Waals surface area contributed by atoms with Crippen molar-refractivity contribution >= 4 is 25.2 Å². The average Bonchev–Trinajstić information content (AvgIpc) is 2.68. The normalized spacial score (nSPS) is 12.2. The second kappa shape index (κ2) is 4.90. The van der Waals surface area contributed by atoms with E-state index in [0.29, 0.717) is 5.52 Å². The molecule has 6 heteroatoms. The van der Waals surface area contributed by atoms with Crippen LogP contribution in [0.3, 0.4) is 0 Å². The number of halogens is 1. The lowest BCUT2D eigenvalue weighted by molar-refractivity contribution is 0.607. The van der Waals surface area contributed by atoms with Crippen LogP contribution >= 0.6 is 10.7 Å². The topological polar surface area (TPSA) is 51.4 Å². The van der Waals surface area contributed by atoms with Crippen molar-refractivity contribution in [3.05, 3.63) is 29.7 Å². The van der Waals surface area contributed by atoms with Gasteiger partial charge in [0.2, 0.25) is 0 Å². The summed E-state index contributed by atoms with van der Waals surface area (Å²) < 4.78 is 24.8. The molecule has 98 valence electrons. The molecule has 0 saturated heterocycles. The van der Waals surface area contributed by atoms with Crippen molar-refractivity contribution in [1.82, 2.24) is 9.38 Å². The van der Waals surface area contributed by atoms with Gasteiger partial charge in [0, 0.05) is 23.3 Å². The molecule has 0 saturated carbocycles. The first-order valence-corrected chi connectivity index (χ1v) is 8.22. The number of imidazole rings is 1. The molecular formula is C12H15ClN2O2S. The molecule has 0 aromatic carbocycles. The van der Waals surface area contributed by atoms with Crippen LogP contribution in [0.15, 0.2) is 23.4 Å². The van der Waals surface area contributed by atoms with E-state index in [4.69, 9.17) is 10.7 Å². The molecule has 0 aliphatic rings. The third-order valence-electron chi connectivity index (χ3n) is 2.85. The van der Waals surface area contributed by atoms with Crippen molar-refractivity contribution in [2.75, 3.05) is 0 Å². The van der Waals surface area contributed by atoms with Crippen molar-refractivity contribution in [1.29, 1.82) is 0 Å². The van der Waals surface area contributed by atoms with E-state index in [1.165, 1.54) is 0 Å². The van der Waals surface area contributed by atoms with E-state index in [1.54, 1.807) is 6.07 Å². The average molecular weight is 287 g/mol. The van der Waals surface area contributed by atoms with Crippen molar-refractivity contribution < 1.29 is 8.42 Å². The fourth-order valence-electron chi connectivity index (χ4n) is 1.95. The molecule has 0 spiro atoms. The van der Waals surface area contributed by atoms with Crippen LogP contribution in [-0.4, -0.2) is 17.8 Å². The van der Waals surface area contributed by atoms with Gasteiger partial charge in [-0.25, -0.2) is 13.4 Å². The Kier molecular flexibility index (Phi) is 3.64. The number of hydrogen-bond donors (Lipinski definition) is 0. The first-order valence-electron chi connectivity index (χ1n) is 5.92. The van der Waals surface area contributed by atoms with Gasteiger partial charge in [-0.15, -0.1) is 0 Å². The Hall–Kier alpha value is -1.07. The number of nitrogens with zero attached hydrogens (tertiary/aromatic N) is 2. The Labute approximate surface area is 111 Å². The Morgan fingerprint density at radius 1 is 1.33 bits per heavy atom. The monoisotopic (exact) mass is 286 g/mol. The molecule has 0 amide bonds. The van der Waals surface area contributed by atoms with Gasteiger partial charge < -0.3 is 4.40 Å². The molecule has 0 aliphatic carbocycles. The zero-order chi connectivity index (χ0) is 13.3. The van der Waals surface area contributed by atoms with Gasteiger partial charge >= 0.3 is 0 Å². The summed E-state index contributed by atoms with van der Waals surface area (Å²) in [6.45, 7) is 4.08. The van der Waals surface area contributed by atoms with Gasteiger partial charge in [0.1, 0.15) is 5.82 Å². The van der Waals surface area contributed by atoms with Crippen molar-refractivity contribution in [2.24, 2.45) is 0 Å². The highest BCUT2D eigenvalue weighted by atomic mass is 35.7. The third kappa shape index (κ3) is 2.37. The van der Waals surface area contributed by atoms with Crippen molar-refractivity contribution in [3.8, 4) is 0 Å². The number of pyridine rings is 1. The molecule has 0 N–H and O–H groups in total. The van der Waals surface area contributed by atoms with Crippen LogP contribution in [0.25, 0.3) is 5.52 Å². The lowest BCUT2D eigenvalue weighted by Gasteiger charge is -2.02. The summed E-state index contributed by atoms with van der Waals surface area (Å²) in [6.07, 6.45) is 4.44. The van der Waals surface area contributed by atoms with Crippen molar-refractivity contribution in [3.63, 3.8) is 0 Å². The van der Waals surface area contributed by atoms with Crippen molar-refractivity contribution in [2.45, 2.75) is 38.1 Å². The van der Waals surface area contributed by atoms with Gasteiger partial charge in [-0.1, -0.05) is 19.9 Å². The molecule has 0 bridgehead atoms. The summed E-state index contributed by atoms with van der Waals surface area (Å²) in [5, 5.41) is -0.0460. The lowest BCUT2D eigenvalue weighted by atomic mass is 10.2. The van der Waals surface area contributed by atoms with E-state index in [0.717, 1.165) is 30.7 Å². The standard InChI is InChI=1S/C12H15ClN2O2S/c1-3-5-11-14-12(18(13,16)17)10-7-6-9(4-2)8-15(10)11/h6-8H,3-5H2,1-2H3. The summed E-state index contributed by atoms with van der Waals surface area (Å²) in [4.78, 5) is 4.17. The Morgan fingerprint density at radius 3 is 2.61 bits per heavy atom. The van der Waals surface area contributed by atoms with E-state index >= 15 is 0 Å². The molecule has 2 rings (SSSR count). The van der Waals surface area contributed by atoms with E-state index in [2.05, 4.69) is 11.9 Å². The van der Waals surface area contributed by atoms with Crippen LogP contribution in [0.4, 0.5) is 0 Å². The molecule has 0 atom stereocenters. The molecule has 2 heterocycles. The van der Waals surface area contributed by atoms with E-state index < -0.39 is 9.05 Å². The number of aromatic nitrogens is 2. The summed E-state index contributed by atoms with van der Waals surface area (Å²) in [5.74, 6) is 0.738. The molecule has 0 fully saturated rings. The second-order valence-corrected chi connectivity index (χ2v) is 6.65. The smallest absolute Gasteiger partial charge is 0.280 e. The number of fused-ring (bicyclic) bond motifs is 1. The Balaban J connectivity index is 2.76. The fraction of sp³-hybridized carbons (Fsp3) is 0.417. The molecule has 4 nitrogen and oxygen atoms in total. The van der Waals surface area contributed by atoms with Crippen LogP contribution in [0, 0.1) is 0 Å². The maximum absolute atomic E-state index is 11.5. The summed E-state index contributed by atoms with van der Waals surface area (Å²) >= 11 is 0. The molecule has 0 aliphatic heterocycles. The predicted octanol–water partition coefficient (Wildman–Crippen LogP) is 2.78. The number of aryl methyl sites for hydroxylation is 2. The van der Waals surface area contributed by atoms with Crippen LogP contribution in [0.5, 0.6) is 0 Å². The van der Waals surface area contributed by atoms with Gasteiger partial charge in [-0.3, -0.25) is 0 Å². The molecule has 0 unspecified atom stereocenters.